The first kappa shape index (κ1) is 23.2. The van der Waals surface area contributed by atoms with E-state index in [1.807, 2.05) is 0 Å². The standard InChI is InChI=1S/C41H27NO/c1-41(2)35-19-11-10-18-30(35)37-31-21-20-29-34-22-32-27-16-8-6-14-25(27)26-15-7-9-17-28(26)33(32)23-36(34)42(24-12-4-3-5-13-24)38(29)39(31)43-40(37)41/h3-23H,1-2H3. The van der Waals surface area contributed by atoms with E-state index in [-0.39, 0.29) is 5.41 Å². The summed E-state index contributed by atoms with van der Waals surface area (Å²) in [5.74, 6) is 1.06. The summed E-state index contributed by atoms with van der Waals surface area (Å²) in [7, 11) is 0. The van der Waals surface area contributed by atoms with Gasteiger partial charge in [0.25, 0.3) is 0 Å². The molecule has 43 heavy (non-hydrogen) atoms. The average Bonchev–Trinajstić information content (AvgIpc) is 3.67. The zero-order chi connectivity index (χ0) is 28.4. The van der Waals surface area contributed by atoms with Crippen LogP contribution in [-0.4, -0.2) is 4.57 Å². The smallest absolute Gasteiger partial charge is 0.159 e. The topological polar surface area (TPSA) is 18.1 Å². The molecular formula is C41H27NO. The van der Waals surface area contributed by atoms with E-state index in [9.17, 15) is 0 Å². The van der Waals surface area contributed by atoms with Crippen LogP contribution < -0.4 is 0 Å². The van der Waals surface area contributed by atoms with Crippen molar-refractivity contribution in [3.05, 3.63) is 139 Å². The summed E-state index contributed by atoms with van der Waals surface area (Å²) in [5, 5.41) is 11.3. The van der Waals surface area contributed by atoms with Gasteiger partial charge >= 0.3 is 0 Å². The Morgan fingerprint density at radius 2 is 1.09 bits per heavy atom. The van der Waals surface area contributed by atoms with E-state index in [0.29, 0.717) is 0 Å². The second-order valence-electron chi connectivity index (χ2n) is 12.5. The molecule has 1 aliphatic rings. The van der Waals surface area contributed by atoms with Crippen LogP contribution in [0.3, 0.4) is 0 Å². The molecule has 10 rings (SSSR count). The van der Waals surface area contributed by atoms with E-state index in [1.54, 1.807) is 0 Å². The number of para-hydroxylation sites is 1. The molecule has 0 saturated heterocycles. The number of furan rings is 1. The van der Waals surface area contributed by atoms with Crippen LogP contribution in [0.5, 0.6) is 0 Å². The van der Waals surface area contributed by atoms with Crippen LogP contribution in [0.1, 0.15) is 25.2 Å². The van der Waals surface area contributed by atoms with Gasteiger partial charge < -0.3 is 8.98 Å². The fraction of sp³-hybridized carbons (Fsp3) is 0.0732. The molecule has 0 fully saturated rings. The number of hydrogen-bond donors (Lipinski definition) is 0. The Bertz CT molecular complexity index is 2630. The number of benzene rings is 7. The number of nitrogens with zero attached hydrogens (tertiary/aromatic N) is 1. The second-order valence-corrected chi connectivity index (χ2v) is 12.5. The van der Waals surface area contributed by atoms with Crippen molar-refractivity contribution in [3.63, 3.8) is 0 Å². The van der Waals surface area contributed by atoms with Crippen molar-refractivity contribution in [1.29, 1.82) is 0 Å². The number of hydrogen-bond acceptors (Lipinski definition) is 1. The Hall–Kier alpha value is -5.34. The van der Waals surface area contributed by atoms with Crippen molar-refractivity contribution in [2.24, 2.45) is 0 Å². The molecule has 2 nitrogen and oxygen atoms in total. The van der Waals surface area contributed by atoms with Crippen molar-refractivity contribution in [2.75, 3.05) is 0 Å². The Morgan fingerprint density at radius 3 is 1.81 bits per heavy atom. The predicted octanol–water partition coefficient (Wildman–Crippen LogP) is 11.3. The largest absolute Gasteiger partial charge is 0.457 e. The molecular weight excluding hydrogens is 522 g/mol. The maximum Gasteiger partial charge on any atom is 0.159 e. The summed E-state index contributed by atoms with van der Waals surface area (Å²) in [6, 6.07) is 46.6. The van der Waals surface area contributed by atoms with Crippen LogP contribution in [0, 0.1) is 0 Å². The first-order valence-corrected chi connectivity index (χ1v) is 15.0. The summed E-state index contributed by atoms with van der Waals surface area (Å²) in [4.78, 5) is 0. The molecule has 0 radical (unpaired) electrons. The summed E-state index contributed by atoms with van der Waals surface area (Å²) in [6.45, 7) is 4.57. The Morgan fingerprint density at radius 1 is 0.512 bits per heavy atom. The monoisotopic (exact) mass is 549 g/mol. The molecule has 7 aromatic carbocycles. The average molecular weight is 550 g/mol. The molecule has 9 aromatic rings. The lowest BCUT2D eigenvalue weighted by molar-refractivity contribution is 0.466. The molecule has 0 aliphatic heterocycles. The van der Waals surface area contributed by atoms with E-state index < -0.39 is 0 Å². The van der Waals surface area contributed by atoms with E-state index in [1.165, 1.54) is 70.7 Å². The molecule has 2 heterocycles. The second kappa shape index (κ2) is 7.93. The van der Waals surface area contributed by atoms with Gasteiger partial charge in [-0.25, -0.2) is 0 Å². The number of rotatable bonds is 1. The van der Waals surface area contributed by atoms with Gasteiger partial charge in [0.2, 0.25) is 0 Å². The first-order chi connectivity index (χ1) is 21.1. The highest BCUT2D eigenvalue weighted by atomic mass is 16.3. The highest BCUT2D eigenvalue weighted by Crippen LogP contribution is 2.54. The van der Waals surface area contributed by atoms with Crippen molar-refractivity contribution in [1.82, 2.24) is 4.57 Å². The summed E-state index contributed by atoms with van der Waals surface area (Å²) < 4.78 is 9.45. The molecule has 2 heteroatoms. The zero-order valence-corrected chi connectivity index (χ0v) is 24.0. The minimum atomic E-state index is -0.201. The maximum atomic E-state index is 7.03. The van der Waals surface area contributed by atoms with Crippen LogP contribution in [-0.2, 0) is 5.41 Å². The van der Waals surface area contributed by atoms with Crippen LogP contribution >= 0.6 is 0 Å². The zero-order valence-electron chi connectivity index (χ0n) is 24.0. The van der Waals surface area contributed by atoms with Gasteiger partial charge in [0.15, 0.2) is 5.58 Å². The number of fused-ring (bicyclic) bond motifs is 15. The third-order valence-electron chi connectivity index (χ3n) is 9.90. The molecule has 0 amide bonds. The van der Waals surface area contributed by atoms with Gasteiger partial charge in [0, 0.05) is 32.8 Å². The molecule has 0 bridgehead atoms. The summed E-state index contributed by atoms with van der Waals surface area (Å²) in [6.07, 6.45) is 0. The van der Waals surface area contributed by atoms with E-state index in [4.69, 9.17) is 4.42 Å². The quantitative estimate of drug-likeness (QED) is 0.186. The lowest BCUT2D eigenvalue weighted by Crippen LogP contribution is -2.14. The van der Waals surface area contributed by atoms with Gasteiger partial charge in [-0.3, -0.25) is 0 Å². The van der Waals surface area contributed by atoms with Gasteiger partial charge in [0.05, 0.1) is 11.0 Å². The maximum absolute atomic E-state index is 7.03. The van der Waals surface area contributed by atoms with Crippen molar-refractivity contribution in [3.8, 4) is 16.8 Å². The summed E-state index contributed by atoms with van der Waals surface area (Å²) in [5.41, 5.74) is 8.08. The fourth-order valence-electron chi connectivity index (χ4n) is 7.97. The molecule has 0 saturated carbocycles. The minimum absolute atomic E-state index is 0.201. The van der Waals surface area contributed by atoms with E-state index in [2.05, 4.69) is 146 Å². The van der Waals surface area contributed by atoms with Gasteiger partial charge in [0.1, 0.15) is 5.76 Å². The fourth-order valence-corrected chi connectivity index (χ4v) is 7.97. The normalized spacial score (nSPS) is 14.0. The molecule has 0 atom stereocenters. The van der Waals surface area contributed by atoms with Gasteiger partial charge in [-0.15, -0.1) is 0 Å². The molecule has 0 N–H and O–H groups in total. The molecule has 2 aromatic heterocycles. The lowest BCUT2D eigenvalue weighted by Gasteiger charge is -2.18. The highest BCUT2D eigenvalue weighted by Gasteiger charge is 2.40. The molecule has 0 unspecified atom stereocenters. The van der Waals surface area contributed by atoms with Crippen LogP contribution in [0.25, 0.3) is 81.9 Å². The Balaban J connectivity index is 1.44. The van der Waals surface area contributed by atoms with Crippen molar-refractivity contribution >= 4 is 65.1 Å². The van der Waals surface area contributed by atoms with Gasteiger partial charge in [-0.05, 0) is 87.6 Å². The number of aromatic nitrogens is 1. The first-order valence-electron chi connectivity index (χ1n) is 15.0. The molecule has 202 valence electrons. The van der Waals surface area contributed by atoms with E-state index in [0.717, 1.165) is 22.5 Å². The predicted molar refractivity (Wildman–Crippen MR) is 181 cm³/mol. The van der Waals surface area contributed by atoms with Crippen LogP contribution in [0.4, 0.5) is 0 Å². The Kier molecular flexibility index (Phi) is 4.29. The van der Waals surface area contributed by atoms with E-state index >= 15 is 0 Å². The minimum Gasteiger partial charge on any atom is -0.457 e. The van der Waals surface area contributed by atoms with Gasteiger partial charge in [-0.1, -0.05) is 97.1 Å². The SMILES string of the molecule is CC1(C)c2ccccc2-c2c1oc1c2ccc2c3cc4c5ccccc5c5ccccc5c4cc3n(-c3ccccc3)c21. The third kappa shape index (κ3) is 2.83. The molecule has 0 spiro atoms. The highest BCUT2D eigenvalue weighted by molar-refractivity contribution is 6.30. The molecule has 1 aliphatic carbocycles. The third-order valence-corrected chi connectivity index (χ3v) is 9.90. The summed E-state index contributed by atoms with van der Waals surface area (Å²) >= 11 is 0. The van der Waals surface area contributed by atoms with Crippen molar-refractivity contribution < 1.29 is 4.42 Å². The van der Waals surface area contributed by atoms with Crippen LogP contribution in [0.15, 0.2) is 132 Å². The van der Waals surface area contributed by atoms with Gasteiger partial charge in [-0.2, -0.15) is 0 Å². The Labute approximate surface area is 248 Å². The van der Waals surface area contributed by atoms with Crippen molar-refractivity contribution in [2.45, 2.75) is 19.3 Å². The lowest BCUT2D eigenvalue weighted by atomic mass is 9.86. The van der Waals surface area contributed by atoms with Crippen LogP contribution in [0.2, 0.25) is 0 Å².